The molecule has 0 unspecified atom stereocenters. The number of rotatable bonds is 5. The summed E-state index contributed by atoms with van der Waals surface area (Å²) in [6.07, 6.45) is 1.65. The fourth-order valence-corrected chi connectivity index (χ4v) is 2.55. The summed E-state index contributed by atoms with van der Waals surface area (Å²) < 4.78 is 23.6. The number of carbonyl (C=O) groups excluding carboxylic acids is 1. The second kappa shape index (κ2) is 6.81. The normalized spacial score (nSPS) is 14.2. The Balaban J connectivity index is 2.10. The third-order valence-electron chi connectivity index (χ3n) is 3.40. The van der Waals surface area contributed by atoms with Gasteiger partial charge in [-0.15, -0.1) is 0 Å². The molecule has 0 saturated heterocycles. The van der Waals surface area contributed by atoms with Gasteiger partial charge in [0, 0.05) is 19.3 Å². The van der Waals surface area contributed by atoms with E-state index in [0.29, 0.717) is 19.8 Å². The predicted molar refractivity (Wildman–Crippen MR) is 74.5 cm³/mol. The fraction of sp³-hybridized carbons (Fsp3) is 0.533. The number of ether oxygens (including phenoxy) is 2. The minimum atomic E-state index is -0.244. The highest BCUT2D eigenvalue weighted by atomic mass is 19.1. The van der Waals surface area contributed by atoms with Crippen molar-refractivity contribution in [3.05, 3.63) is 29.1 Å². The molecule has 1 aromatic carbocycles. The molecule has 0 aliphatic carbocycles. The number of hydrogen-bond donors (Lipinski definition) is 0. The van der Waals surface area contributed by atoms with Crippen LogP contribution in [0.1, 0.15) is 17.5 Å². The van der Waals surface area contributed by atoms with Gasteiger partial charge in [-0.1, -0.05) is 0 Å². The monoisotopic (exact) mass is 281 g/mol. The Hall–Kier alpha value is -1.46. The summed E-state index contributed by atoms with van der Waals surface area (Å²) in [6, 6.07) is 2.99. The van der Waals surface area contributed by atoms with Gasteiger partial charge in [-0.3, -0.25) is 4.79 Å². The highest BCUT2D eigenvalue weighted by Crippen LogP contribution is 2.31. The van der Waals surface area contributed by atoms with Crippen LogP contribution in [-0.4, -0.2) is 39.4 Å². The topological polar surface area (TPSA) is 38.8 Å². The molecule has 0 radical (unpaired) electrons. The predicted octanol–water partition coefficient (Wildman–Crippen LogP) is 2.08. The van der Waals surface area contributed by atoms with Crippen molar-refractivity contribution in [3.8, 4) is 0 Å². The second-order valence-corrected chi connectivity index (χ2v) is 4.92. The molecular formula is C15H20FNO3. The van der Waals surface area contributed by atoms with Crippen LogP contribution in [0, 0.1) is 12.7 Å². The van der Waals surface area contributed by atoms with Crippen LogP contribution in [0.2, 0.25) is 0 Å². The van der Waals surface area contributed by atoms with Crippen LogP contribution in [-0.2, 0) is 20.7 Å². The quantitative estimate of drug-likeness (QED) is 0.776. The van der Waals surface area contributed by atoms with E-state index in [-0.39, 0.29) is 18.3 Å². The average molecular weight is 281 g/mol. The molecule has 1 aromatic rings. The largest absolute Gasteiger partial charge is 0.382 e. The van der Waals surface area contributed by atoms with Gasteiger partial charge < -0.3 is 14.4 Å². The first-order valence-corrected chi connectivity index (χ1v) is 6.79. The number of nitrogens with zero attached hydrogens (tertiary/aromatic N) is 1. The zero-order chi connectivity index (χ0) is 14.5. The number of fused-ring (bicyclic) bond motifs is 1. The molecule has 0 fully saturated rings. The highest BCUT2D eigenvalue weighted by Gasteiger charge is 2.24. The van der Waals surface area contributed by atoms with Crippen LogP contribution in [0.3, 0.4) is 0 Å². The van der Waals surface area contributed by atoms with Crippen LogP contribution < -0.4 is 4.90 Å². The minimum absolute atomic E-state index is 0.0274. The van der Waals surface area contributed by atoms with E-state index in [1.54, 1.807) is 12.0 Å². The van der Waals surface area contributed by atoms with Crippen molar-refractivity contribution in [2.75, 3.05) is 38.4 Å². The summed E-state index contributed by atoms with van der Waals surface area (Å²) in [6.45, 7) is 3.38. The molecule has 0 saturated carbocycles. The Morgan fingerprint density at radius 3 is 2.95 bits per heavy atom. The van der Waals surface area contributed by atoms with Crippen molar-refractivity contribution >= 4 is 11.6 Å². The van der Waals surface area contributed by atoms with Gasteiger partial charge in [0.1, 0.15) is 12.4 Å². The molecule has 0 bridgehead atoms. The summed E-state index contributed by atoms with van der Waals surface area (Å²) in [5.41, 5.74) is 2.54. The van der Waals surface area contributed by atoms with Crippen molar-refractivity contribution < 1.29 is 18.7 Å². The molecule has 1 aliphatic heterocycles. The molecule has 20 heavy (non-hydrogen) atoms. The molecule has 1 aliphatic rings. The van der Waals surface area contributed by atoms with Gasteiger partial charge in [-0.2, -0.15) is 0 Å². The van der Waals surface area contributed by atoms with Crippen LogP contribution in [0.5, 0.6) is 0 Å². The van der Waals surface area contributed by atoms with Gasteiger partial charge in [0.25, 0.3) is 5.91 Å². The molecule has 0 atom stereocenters. The molecule has 2 rings (SSSR count). The molecule has 5 heteroatoms. The lowest BCUT2D eigenvalue weighted by Gasteiger charge is -2.31. The number of carbonyl (C=O) groups is 1. The summed E-state index contributed by atoms with van der Waals surface area (Å²) in [7, 11) is 1.59. The van der Waals surface area contributed by atoms with Gasteiger partial charge in [0.2, 0.25) is 0 Å². The minimum Gasteiger partial charge on any atom is -0.382 e. The van der Waals surface area contributed by atoms with E-state index in [1.165, 1.54) is 12.1 Å². The zero-order valence-electron chi connectivity index (χ0n) is 11.9. The molecule has 0 spiro atoms. The second-order valence-electron chi connectivity index (χ2n) is 4.92. The number of methoxy groups -OCH3 is 1. The molecule has 0 N–H and O–H groups in total. The highest BCUT2D eigenvalue weighted by molar-refractivity contribution is 5.96. The Bertz CT molecular complexity index is 490. The Morgan fingerprint density at radius 2 is 2.20 bits per heavy atom. The summed E-state index contributed by atoms with van der Waals surface area (Å²) in [5.74, 6) is -0.330. The summed E-state index contributed by atoms with van der Waals surface area (Å²) in [5, 5.41) is 0. The van der Waals surface area contributed by atoms with Gasteiger partial charge in [0.05, 0.1) is 13.2 Å². The van der Waals surface area contributed by atoms with Gasteiger partial charge >= 0.3 is 0 Å². The number of amides is 1. The lowest BCUT2D eigenvalue weighted by molar-refractivity contribution is -0.123. The fourth-order valence-electron chi connectivity index (χ4n) is 2.55. The van der Waals surface area contributed by atoms with Crippen molar-refractivity contribution in [1.82, 2.24) is 0 Å². The lowest BCUT2D eigenvalue weighted by Crippen LogP contribution is -2.38. The molecule has 110 valence electrons. The third-order valence-corrected chi connectivity index (χ3v) is 3.40. The zero-order valence-corrected chi connectivity index (χ0v) is 11.9. The van der Waals surface area contributed by atoms with Crippen molar-refractivity contribution in [2.24, 2.45) is 0 Å². The molecule has 1 heterocycles. The van der Waals surface area contributed by atoms with E-state index >= 15 is 0 Å². The number of benzene rings is 1. The Labute approximate surface area is 118 Å². The number of anilines is 1. The van der Waals surface area contributed by atoms with Gasteiger partial charge in [-0.05, 0) is 43.0 Å². The Kier molecular flexibility index (Phi) is 5.09. The molecule has 1 amide bonds. The average Bonchev–Trinajstić information content (AvgIpc) is 2.42. The van der Waals surface area contributed by atoms with E-state index in [2.05, 4.69) is 0 Å². The van der Waals surface area contributed by atoms with E-state index in [4.69, 9.17) is 9.47 Å². The lowest BCUT2D eigenvalue weighted by atomic mass is 9.98. The maximum atomic E-state index is 13.4. The Morgan fingerprint density at radius 1 is 1.40 bits per heavy atom. The maximum Gasteiger partial charge on any atom is 0.252 e. The first-order chi connectivity index (χ1) is 9.63. The van der Waals surface area contributed by atoms with Gasteiger partial charge in [0.15, 0.2) is 0 Å². The summed E-state index contributed by atoms with van der Waals surface area (Å²) >= 11 is 0. The first kappa shape index (κ1) is 14.9. The third kappa shape index (κ3) is 3.35. The smallest absolute Gasteiger partial charge is 0.252 e. The standard InChI is InChI=1S/C15H20FNO3/c1-11-8-13(16)9-12-4-3-5-17(15(11)12)14(18)10-20-7-6-19-2/h8-9H,3-7,10H2,1-2H3. The number of halogens is 1. The first-order valence-electron chi connectivity index (χ1n) is 6.79. The van der Waals surface area contributed by atoms with Crippen molar-refractivity contribution in [2.45, 2.75) is 19.8 Å². The van der Waals surface area contributed by atoms with Crippen LogP contribution in [0.4, 0.5) is 10.1 Å². The van der Waals surface area contributed by atoms with Gasteiger partial charge in [-0.25, -0.2) is 4.39 Å². The van der Waals surface area contributed by atoms with Crippen LogP contribution >= 0.6 is 0 Å². The van der Waals surface area contributed by atoms with E-state index in [1.807, 2.05) is 6.92 Å². The summed E-state index contributed by atoms with van der Waals surface area (Å²) in [4.78, 5) is 13.9. The molecule has 4 nitrogen and oxygen atoms in total. The number of aryl methyl sites for hydroxylation is 2. The molecule has 0 aromatic heterocycles. The van der Waals surface area contributed by atoms with E-state index in [9.17, 15) is 9.18 Å². The van der Waals surface area contributed by atoms with E-state index in [0.717, 1.165) is 29.7 Å². The van der Waals surface area contributed by atoms with E-state index < -0.39 is 0 Å². The number of hydrogen-bond acceptors (Lipinski definition) is 3. The SMILES string of the molecule is COCCOCC(=O)N1CCCc2cc(F)cc(C)c21. The van der Waals surface area contributed by atoms with Crippen LogP contribution in [0.15, 0.2) is 12.1 Å². The van der Waals surface area contributed by atoms with Crippen molar-refractivity contribution in [1.29, 1.82) is 0 Å². The van der Waals surface area contributed by atoms with Crippen molar-refractivity contribution in [3.63, 3.8) is 0 Å². The molecular weight excluding hydrogens is 261 g/mol. The van der Waals surface area contributed by atoms with Crippen LogP contribution in [0.25, 0.3) is 0 Å². The maximum absolute atomic E-state index is 13.4.